The van der Waals surface area contributed by atoms with Crippen molar-refractivity contribution in [3.8, 4) is 0 Å². The Morgan fingerprint density at radius 3 is 2.84 bits per heavy atom. The van der Waals surface area contributed by atoms with Gasteiger partial charge in [-0.05, 0) is 12.0 Å². The highest BCUT2D eigenvalue weighted by molar-refractivity contribution is 5.14. The van der Waals surface area contributed by atoms with E-state index in [1.165, 1.54) is 18.6 Å². The summed E-state index contributed by atoms with van der Waals surface area (Å²) < 4.78 is 14.8. The number of hydrogen-bond acceptors (Lipinski definition) is 4. The first-order valence-electron chi connectivity index (χ1n) is 6.21. The van der Waals surface area contributed by atoms with Crippen LogP contribution in [0.2, 0.25) is 0 Å². The molecule has 0 aliphatic carbocycles. The van der Waals surface area contributed by atoms with Crippen LogP contribution in [0.15, 0.2) is 24.8 Å². The summed E-state index contributed by atoms with van der Waals surface area (Å²) in [6.07, 6.45) is 3.49. The van der Waals surface area contributed by atoms with Crippen molar-refractivity contribution in [2.45, 2.75) is 32.9 Å². The van der Waals surface area contributed by atoms with Crippen LogP contribution in [-0.2, 0) is 13.0 Å². The zero-order valence-electron chi connectivity index (χ0n) is 11.0. The Balaban J connectivity index is 2.10. The summed E-state index contributed by atoms with van der Waals surface area (Å²) in [4.78, 5) is 7.86. The molecule has 19 heavy (non-hydrogen) atoms. The molecule has 0 aliphatic heterocycles. The van der Waals surface area contributed by atoms with Crippen LogP contribution >= 0.6 is 0 Å². The van der Waals surface area contributed by atoms with Gasteiger partial charge >= 0.3 is 0 Å². The molecule has 0 saturated carbocycles. The Kier molecular flexibility index (Phi) is 4.21. The lowest BCUT2D eigenvalue weighted by Crippen LogP contribution is -2.13. The molecule has 0 fully saturated rings. The van der Waals surface area contributed by atoms with Crippen LogP contribution in [0.5, 0.6) is 0 Å². The highest BCUT2D eigenvalue weighted by Gasteiger charge is 2.14. The molecule has 0 amide bonds. The molecule has 0 radical (unpaired) electrons. The molecule has 6 heteroatoms. The molecule has 5 nitrogen and oxygen atoms in total. The molecule has 1 N–H and O–H groups in total. The van der Waals surface area contributed by atoms with Crippen LogP contribution < -0.4 is 0 Å². The van der Waals surface area contributed by atoms with Crippen LogP contribution in [0.25, 0.3) is 0 Å². The van der Waals surface area contributed by atoms with Crippen molar-refractivity contribution in [1.29, 1.82) is 0 Å². The lowest BCUT2D eigenvalue weighted by molar-refractivity contribution is 0.172. The van der Waals surface area contributed by atoms with Gasteiger partial charge in [0, 0.05) is 24.7 Å². The Morgan fingerprint density at radius 1 is 1.37 bits per heavy atom. The van der Waals surface area contributed by atoms with Crippen molar-refractivity contribution in [3.05, 3.63) is 42.0 Å². The highest BCUT2D eigenvalue weighted by Crippen LogP contribution is 2.17. The first-order chi connectivity index (χ1) is 9.06. The summed E-state index contributed by atoms with van der Waals surface area (Å²) in [6, 6.07) is 1.28. The number of aliphatic hydroxyl groups excluding tert-OH is 1. The van der Waals surface area contributed by atoms with Gasteiger partial charge in [0.05, 0.1) is 12.3 Å². The first kappa shape index (κ1) is 13.6. The minimum absolute atomic E-state index is 0.290. The smallest absolute Gasteiger partial charge is 0.141 e. The van der Waals surface area contributed by atoms with Gasteiger partial charge < -0.3 is 5.11 Å². The number of halogens is 1. The molecular formula is C13H17FN4O. The second-order valence-corrected chi connectivity index (χ2v) is 4.91. The fraction of sp³-hybridized carbons (Fsp3) is 0.462. The molecule has 2 rings (SSSR count). The molecule has 0 aromatic carbocycles. The van der Waals surface area contributed by atoms with Gasteiger partial charge in [-0.25, -0.2) is 14.1 Å². The van der Waals surface area contributed by atoms with E-state index in [2.05, 4.69) is 28.9 Å². The van der Waals surface area contributed by atoms with E-state index < -0.39 is 11.9 Å². The standard InChI is InChI=1S/C13H17FN4O/c1-9(2)7-18-13(16-8-17-18)4-12(19)10-3-11(14)6-15-5-10/h3,5-6,8-9,12,19H,4,7H2,1-2H3. The number of aliphatic hydroxyl groups is 1. The minimum Gasteiger partial charge on any atom is -0.388 e. The Morgan fingerprint density at radius 2 is 2.16 bits per heavy atom. The van der Waals surface area contributed by atoms with Crippen LogP contribution in [0.1, 0.15) is 31.3 Å². The third-order valence-corrected chi connectivity index (χ3v) is 2.72. The van der Waals surface area contributed by atoms with Crippen molar-refractivity contribution in [2.75, 3.05) is 0 Å². The van der Waals surface area contributed by atoms with Crippen LogP contribution in [0.4, 0.5) is 4.39 Å². The van der Waals surface area contributed by atoms with Crippen LogP contribution in [0, 0.1) is 11.7 Å². The van der Waals surface area contributed by atoms with E-state index in [1.54, 1.807) is 4.68 Å². The van der Waals surface area contributed by atoms with Gasteiger partial charge in [-0.2, -0.15) is 5.10 Å². The van der Waals surface area contributed by atoms with Crippen molar-refractivity contribution >= 4 is 0 Å². The van der Waals surface area contributed by atoms with E-state index in [-0.39, 0.29) is 6.42 Å². The van der Waals surface area contributed by atoms with E-state index in [1.807, 2.05) is 0 Å². The van der Waals surface area contributed by atoms with Gasteiger partial charge in [0.15, 0.2) is 0 Å². The maximum absolute atomic E-state index is 13.1. The van der Waals surface area contributed by atoms with E-state index >= 15 is 0 Å². The van der Waals surface area contributed by atoms with Gasteiger partial charge in [-0.1, -0.05) is 13.8 Å². The second-order valence-electron chi connectivity index (χ2n) is 4.91. The van der Waals surface area contributed by atoms with Gasteiger partial charge in [0.1, 0.15) is 18.0 Å². The summed E-state index contributed by atoms with van der Waals surface area (Å²) in [5, 5.41) is 14.2. The van der Waals surface area contributed by atoms with Gasteiger partial charge in [0.2, 0.25) is 0 Å². The molecule has 1 unspecified atom stereocenters. The summed E-state index contributed by atoms with van der Waals surface area (Å²) in [6.45, 7) is 4.90. The average molecular weight is 264 g/mol. The third kappa shape index (κ3) is 3.57. The fourth-order valence-electron chi connectivity index (χ4n) is 1.85. The molecule has 0 spiro atoms. The first-order valence-corrected chi connectivity index (χ1v) is 6.21. The van der Waals surface area contributed by atoms with Gasteiger partial charge in [0.25, 0.3) is 0 Å². The number of rotatable bonds is 5. The predicted octanol–water partition coefficient (Wildman–Crippen LogP) is 1.74. The van der Waals surface area contributed by atoms with Gasteiger partial charge in [-0.3, -0.25) is 4.98 Å². The summed E-state index contributed by atoms with van der Waals surface area (Å²) >= 11 is 0. The fourth-order valence-corrected chi connectivity index (χ4v) is 1.85. The normalized spacial score (nSPS) is 12.9. The quantitative estimate of drug-likeness (QED) is 0.893. The van der Waals surface area contributed by atoms with E-state index in [4.69, 9.17) is 0 Å². The Bertz CT molecular complexity index is 541. The molecule has 1 atom stereocenters. The van der Waals surface area contributed by atoms with Crippen molar-refractivity contribution in [1.82, 2.24) is 19.7 Å². The topological polar surface area (TPSA) is 63.8 Å². The van der Waals surface area contributed by atoms with Crippen molar-refractivity contribution in [3.63, 3.8) is 0 Å². The molecule has 102 valence electrons. The van der Waals surface area contributed by atoms with Crippen molar-refractivity contribution in [2.24, 2.45) is 5.92 Å². The maximum Gasteiger partial charge on any atom is 0.141 e. The highest BCUT2D eigenvalue weighted by atomic mass is 19.1. The van der Waals surface area contributed by atoms with Crippen molar-refractivity contribution < 1.29 is 9.50 Å². The molecule has 0 saturated heterocycles. The molecular weight excluding hydrogens is 247 g/mol. The SMILES string of the molecule is CC(C)Cn1ncnc1CC(O)c1cncc(F)c1. The summed E-state index contributed by atoms with van der Waals surface area (Å²) in [5.41, 5.74) is 0.444. The lowest BCUT2D eigenvalue weighted by Gasteiger charge is -2.12. The van der Waals surface area contributed by atoms with E-state index in [0.29, 0.717) is 17.3 Å². The Hall–Kier alpha value is -1.82. The van der Waals surface area contributed by atoms with E-state index in [9.17, 15) is 9.50 Å². The number of nitrogens with zero attached hydrogens (tertiary/aromatic N) is 4. The zero-order valence-corrected chi connectivity index (χ0v) is 11.0. The molecule has 2 heterocycles. The minimum atomic E-state index is -0.835. The zero-order chi connectivity index (χ0) is 13.8. The second kappa shape index (κ2) is 5.88. The van der Waals surface area contributed by atoms with E-state index in [0.717, 1.165) is 12.7 Å². The largest absolute Gasteiger partial charge is 0.388 e. The summed E-state index contributed by atoms with van der Waals surface area (Å²) in [5.74, 6) is 0.666. The third-order valence-electron chi connectivity index (χ3n) is 2.72. The molecule has 2 aromatic heterocycles. The molecule has 0 aliphatic rings. The molecule has 0 bridgehead atoms. The van der Waals surface area contributed by atoms with Crippen LogP contribution in [0.3, 0.4) is 0 Å². The number of hydrogen-bond donors (Lipinski definition) is 1. The number of pyridine rings is 1. The monoisotopic (exact) mass is 264 g/mol. The number of aromatic nitrogens is 4. The Labute approximate surface area is 111 Å². The van der Waals surface area contributed by atoms with Crippen LogP contribution in [-0.4, -0.2) is 24.9 Å². The van der Waals surface area contributed by atoms with Gasteiger partial charge in [-0.15, -0.1) is 0 Å². The molecule has 2 aromatic rings. The average Bonchev–Trinajstić information content (AvgIpc) is 2.75. The predicted molar refractivity (Wildman–Crippen MR) is 67.7 cm³/mol. The maximum atomic E-state index is 13.1. The summed E-state index contributed by atoms with van der Waals surface area (Å²) in [7, 11) is 0. The lowest BCUT2D eigenvalue weighted by atomic mass is 10.1.